The van der Waals surface area contributed by atoms with Crippen molar-refractivity contribution in [2.24, 2.45) is 0 Å². The summed E-state index contributed by atoms with van der Waals surface area (Å²) < 4.78 is 1.01. The van der Waals surface area contributed by atoms with E-state index in [1.165, 1.54) is 0 Å². The van der Waals surface area contributed by atoms with Crippen molar-refractivity contribution < 1.29 is 4.92 Å². The van der Waals surface area contributed by atoms with Crippen LogP contribution in [0.15, 0.2) is 34.1 Å². The highest BCUT2D eigenvalue weighted by Gasteiger charge is 2.09. The van der Waals surface area contributed by atoms with Gasteiger partial charge in [0.1, 0.15) is 0 Å². The second kappa shape index (κ2) is 5.49. The first kappa shape index (κ1) is 13.0. The van der Waals surface area contributed by atoms with Crippen LogP contribution in [0.4, 0.5) is 10.7 Å². The van der Waals surface area contributed by atoms with Gasteiger partial charge in [-0.15, -0.1) is 0 Å². The molecule has 0 spiro atoms. The van der Waals surface area contributed by atoms with Gasteiger partial charge in [0, 0.05) is 28.2 Å². The lowest BCUT2D eigenvalue weighted by molar-refractivity contribution is -0.380. The van der Waals surface area contributed by atoms with E-state index >= 15 is 0 Å². The fourth-order valence-corrected chi connectivity index (χ4v) is 2.62. The molecule has 0 unspecified atom stereocenters. The molecule has 94 valence electrons. The number of halogens is 1. The van der Waals surface area contributed by atoms with Crippen LogP contribution < -0.4 is 5.32 Å². The largest absolute Gasteiger partial charge is 0.381 e. The summed E-state index contributed by atoms with van der Waals surface area (Å²) in [7, 11) is 0. The van der Waals surface area contributed by atoms with Crippen LogP contribution >= 0.6 is 27.3 Å². The Bertz CT molecular complexity index is 583. The summed E-state index contributed by atoms with van der Waals surface area (Å²) in [6.45, 7) is 2.60. The Kier molecular flexibility index (Phi) is 3.98. The highest BCUT2D eigenvalue weighted by molar-refractivity contribution is 9.10. The van der Waals surface area contributed by atoms with E-state index in [0.29, 0.717) is 6.54 Å². The zero-order valence-electron chi connectivity index (χ0n) is 9.64. The van der Waals surface area contributed by atoms with Gasteiger partial charge < -0.3 is 5.32 Å². The molecule has 6 heteroatoms. The fraction of sp³-hybridized carbons (Fsp3) is 0.167. The topological polar surface area (TPSA) is 55.2 Å². The van der Waals surface area contributed by atoms with E-state index in [9.17, 15) is 10.1 Å². The smallest absolute Gasteiger partial charge is 0.324 e. The maximum atomic E-state index is 10.6. The molecule has 0 radical (unpaired) electrons. The molecule has 1 aromatic heterocycles. The normalized spacial score (nSPS) is 10.3. The first-order chi connectivity index (χ1) is 8.56. The van der Waals surface area contributed by atoms with Crippen molar-refractivity contribution in [3.05, 3.63) is 55.4 Å². The number of hydrogen-bond acceptors (Lipinski definition) is 4. The molecule has 2 rings (SSSR count). The number of rotatable bonds is 4. The number of aryl methyl sites for hydroxylation is 1. The molecule has 0 saturated heterocycles. The minimum atomic E-state index is -0.363. The third kappa shape index (κ3) is 3.08. The first-order valence-electron chi connectivity index (χ1n) is 5.28. The molecule has 0 aliphatic heterocycles. The van der Waals surface area contributed by atoms with Gasteiger partial charge in [0.2, 0.25) is 0 Å². The number of nitrogens with zero attached hydrogens (tertiary/aromatic N) is 1. The molecule has 1 aromatic carbocycles. The number of hydrogen-bond donors (Lipinski definition) is 1. The van der Waals surface area contributed by atoms with E-state index in [4.69, 9.17) is 0 Å². The maximum Gasteiger partial charge on any atom is 0.324 e. The fourth-order valence-electron chi connectivity index (χ4n) is 1.53. The Balaban J connectivity index is 2.06. The van der Waals surface area contributed by atoms with Gasteiger partial charge in [-0.25, -0.2) is 0 Å². The molecule has 0 bridgehead atoms. The van der Waals surface area contributed by atoms with Gasteiger partial charge in [-0.2, -0.15) is 0 Å². The summed E-state index contributed by atoms with van der Waals surface area (Å²) in [4.78, 5) is 10.2. The van der Waals surface area contributed by atoms with Gasteiger partial charge in [0.05, 0.1) is 4.92 Å². The minimum absolute atomic E-state index is 0.178. The molecule has 0 aliphatic rings. The molecule has 1 N–H and O–H groups in total. The van der Waals surface area contributed by atoms with Crippen LogP contribution in [-0.4, -0.2) is 4.92 Å². The molecule has 2 aromatic rings. The third-order valence-electron chi connectivity index (χ3n) is 2.50. The molecule has 0 aliphatic carbocycles. The Labute approximate surface area is 117 Å². The molecule has 18 heavy (non-hydrogen) atoms. The van der Waals surface area contributed by atoms with Crippen molar-refractivity contribution in [1.82, 2.24) is 0 Å². The van der Waals surface area contributed by atoms with Crippen molar-refractivity contribution in [1.29, 1.82) is 0 Å². The van der Waals surface area contributed by atoms with Gasteiger partial charge >= 0.3 is 5.00 Å². The predicted molar refractivity (Wildman–Crippen MR) is 77.2 cm³/mol. The summed E-state index contributed by atoms with van der Waals surface area (Å²) in [5.41, 5.74) is 3.09. The molecule has 0 saturated carbocycles. The number of thiophene rings is 1. The van der Waals surface area contributed by atoms with Crippen LogP contribution in [0.3, 0.4) is 0 Å². The van der Waals surface area contributed by atoms with Crippen molar-refractivity contribution in [3.8, 4) is 0 Å². The number of benzene rings is 1. The van der Waals surface area contributed by atoms with Crippen LogP contribution in [0, 0.1) is 17.0 Å². The second-order valence-corrected chi connectivity index (χ2v) is 5.67. The average molecular weight is 327 g/mol. The lowest BCUT2D eigenvalue weighted by Crippen LogP contribution is -1.99. The minimum Gasteiger partial charge on any atom is -0.381 e. The van der Waals surface area contributed by atoms with Crippen molar-refractivity contribution >= 4 is 38.0 Å². The van der Waals surface area contributed by atoms with Crippen molar-refractivity contribution in [2.75, 3.05) is 5.32 Å². The standard InChI is InChI=1S/C12H11BrN2O2S/c1-8-2-3-10(13)5-11(8)14-6-9-4-12(15(16)17)18-7-9/h2-5,7,14H,6H2,1H3. The van der Waals surface area contributed by atoms with E-state index in [2.05, 4.69) is 21.2 Å². The molecular formula is C12H11BrN2O2S. The van der Waals surface area contributed by atoms with Crippen molar-refractivity contribution in [2.45, 2.75) is 13.5 Å². The van der Waals surface area contributed by atoms with Gasteiger partial charge in [-0.1, -0.05) is 33.3 Å². The predicted octanol–water partition coefficient (Wildman–Crippen LogP) is 4.34. The van der Waals surface area contributed by atoms with E-state index in [0.717, 1.165) is 32.6 Å². The number of anilines is 1. The van der Waals surface area contributed by atoms with Gasteiger partial charge in [-0.3, -0.25) is 10.1 Å². The highest BCUT2D eigenvalue weighted by Crippen LogP contribution is 2.25. The highest BCUT2D eigenvalue weighted by atomic mass is 79.9. The lowest BCUT2D eigenvalue weighted by Gasteiger charge is -2.08. The van der Waals surface area contributed by atoms with Gasteiger partial charge in [0.15, 0.2) is 0 Å². The molecule has 1 heterocycles. The molecule has 0 atom stereocenters. The van der Waals surface area contributed by atoms with Gasteiger partial charge in [0.25, 0.3) is 0 Å². The zero-order valence-corrected chi connectivity index (χ0v) is 12.0. The molecule has 4 nitrogen and oxygen atoms in total. The van der Waals surface area contributed by atoms with E-state index in [-0.39, 0.29) is 9.92 Å². The molecule has 0 amide bonds. The van der Waals surface area contributed by atoms with Crippen LogP contribution in [0.25, 0.3) is 0 Å². The van der Waals surface area contributed by atoms with E-state index in [1.54, 1.807) is 11.4 Å². The van der Waals surface area contributed by atoms with Crippen LogP contribution in [0.5, 0.6) is 0 Å². The molecular weight excluding hydrogens is 316 g/mol. The summed E-state index contributed by atoms with van der Waals surface area (Å²) in [6.07, 6.45) is 0. The number of nitrogens with one attached hydrogen (secondary N) is 1. The Morgan fingerprint density at radius 3 is 2.89 bits per heavy atom. The van der Waals surface area contributed by atoms with E-state index < -0.39 is 0 Å². The van der Waals surface area contributed by atoms with Gasteiger partial charge in [-0.05, 0) is 30.2 Å². The van der Waals surface area contributed by atoms with E-state index in [1.807, 2.05) is 25.1 Å². The summed E-state index contributed by atoms with van der Waals surface area (Å²) >= 11 is 4.57. The summed E-state index contributed by atoms with van der Waals surface area (Å²) in [6, 6.07) is 7.60. The SMILES string of the molecule is Cc1ccc(Br)cc1NCc1csc([N+](=O)[O-])c1. The summed E-state index contributed by atoms with van der Waals surface area (Å²) in [5.74, 6) is 0. The quantitative estimate of drug-likeness (QED) is 0.671. The monoisotopic (exact) mass is 326 g/mol. The lowest BCUT2D eigenvalue weighted by atomic mass is 10.2. The average Bonchev–Trinajstić information content (AvgIpc) is 2.79. The third-order valence-corrected chi connectivity index (χ3v) is 3.92. The Morgan fingerprint density at radius 1 is 1.44 bits per heavy atom. The maximum absolute atomic E-state index is 10.6. The zero-order chi connectivity index (χ0) is 13.1. The van der Waals surface area contributed by atoms with Crippen LogP contribution in [-0.2, 0) is 6.54 Å². The number of nitro groups is 1. The Hall–Kier alpha value is -1.40. The second-order valence-electron chi connectivity index (χ2n) is 3.86. The van der Waals surface area contributed by atoms with Crippen LogP contribution in [0.2, 0.25) is 0 Å². The Morgan fingerprint density at radius 2 is 2.22 bits per heavy atom. The van der Waals surface area contributed by atoms with Crippen LogP contribution in [0.1, 0.15) is 11.1 Å². The summed E-state index contributed by atoms with van der Waals surface area (Å²) in [5, 5.41) is 15.8. The molecule has 0 fully saturated rings. The van der Waals surface area contributed by atoms with Crippen molar-refractivity contribution in [3.63, 3.8) is 0 Å². The first-order valence-corrected chi connectivity index (χ1v) is 6.95.